The number of hydrogen-bond donors (Lipinski definition) is 3. The average molecular weight is 547 g/mol. The van der Waals surface area contributed by atoms with Crippen molar-refractivity contribution in [1.29, 1.82) is 0 Å². The number of rotatable bonds is 7. The van der Waals surface area contributed by atoms with E-state index in [-0.39, 0.29) is 11.3 Å². The first-order valence-corrected chi connectivity index (χ1v) is 13.5. The van der Waals surface area contributed by atoms with Crippen LogP contribution < -0.4 is 10.6 Å². The summed E-state index contributed by atoms with van der Waals surface area (Å²) in [6.45, 7) is 12.7. The van der Waals surface area contributed by atoms with Crippen LogP contribution in [0.4, 0.5) is 0 Å². The molecule has 1 aliphatic rings. The van der Waals surface area contributed by atoms with Gasteiger partial charge >= 0.3 is 0 Å². The van der Waals surface area contributed by atoms with Crippen molar-refractivity contribution in [2.75, 3.05) is 6.67 Å². The van der Waals surface area contributed by atoms with E-state index < -0.39 is 0 Å². The largest absolute Gasteiger partial charge is 0.352 e. The summed E-state index contributed by atoms with van der Waals surface area (Å²) in [5, 5.41) is 7.36. The molecule has 0 saturated carbocycles. The Hall–Kier alpha value is -4.76. The van der Waals surface area contributed by atoms with E-state index in [1.807, 2.05) is 70.7 Å². The summed E-state index contributed by atoms with van der Waals surface area (Å²) >= 11 is 0. The third-order valence-corrected chi connectivity index (χ3v) is 6.60. The molecule has 0 aliphatic carbocycles. The molecule has 0 fully saturated rings. The molecule has 9 nitrogen and oxygen atoms in total. The highest BCUT2D eigenvalue weighted by molar-refractivity contribution is 6.15. The van der Waals surface area contributed by atoms with Gasteiger partial charge in [0.15, 0.2) is 0 Å². The maximum Gasteiger partial charge on any atom is 0.224 e. The Morgan fingerprint density at radius 1 is 1.15 bits per heavy atom. The van der Waals surface area contributed by atoms with E-state index in [1.54, 1.807) is 12.4 Å². The number of amides is 1. The highest BCUT2D eigenvalue weighted by Gasteiger charge is 2.20. The summed E-state index contributed by atoms with van der Waals surface area (Å²) in [6.07, 6.45) is 13.1. The highest BCUT2D eigenvalue weighted by atomic mass is 16.1. The van der Waals surface area contributed by atoms with Gasteiger partial charge in [0.25, 0.3) is 0 Å². The Balaban J connectivity index is 1.53. The quantitative estimate of drug-likeness (QED) is 0.211. The van der Waals surface area contributed by atoms with Gasteiger partial charge in [0.1, 0.15) is 0 Å². The lowest BCUT2D eigenvalue weighted by Crippen LogP contribution is -2.26. The van der Waals surface area contributed by atoms with Crippen molar-refractivity contribution < 1.29 is 4.79 Å². The van der Waals surface area contributed by atoms with Gasteiger partial charge in [-0.05, 0) is 43.3 Å². The minimum Gasteiger partial charge on any atom is -0.352 e. The van der Waals surface area contributed by atoms with E-state index >= 15 is 0 Å². The summed E-state index contributed by atoms with van der Waals surface area (Å²) < 4.78 is 0. The summed E-state index contributed by atoms with van der Waals surface area (Å²) in [4.78, 5) is 38.5. The number of aliphatic imine (C=N–C) groups is 2. The normalized spacial score (nSPS) is 14.3. The molecular weight excluding hydrogens is 512 g/mol. The Bertz CT molecular complexity index is 1690. The first-order chi connectivity index (χ1) is 19.7. The number of allylic oxidation sites excluding steroid dienone is 3. The summed E-state index contributed by atoms with van der Waals surface area (Å²) in [5.41, 5.74) is 8.60. The predicted octanol–water partition coefficient (Wildman–Crippen LogP) is 5.42. The topological polar surface area (TPSA) is 120 Å². The third-order valence-electron chi connectivity index (χ3n) is 6.60. The van der Waals surface area contributed by atoms with E-state index in [0.29, 0.717) is 25.3 Å². The molecule has 1 aliphatic heterocycles. The number of hydrogen-bond acceptors (Lipinski definition) is 7. The number of carbonyl (C=O) groups is 1. The minimum absolute atomic E-state index is 0.0309. The zero-order valence-corrected chi connectivity index (χ0v) is 23.8. The van der Waals surface area contributed by atoms with E-state index in [2.05, 4.69) is 49.4 Å². The molecule has 41 heavy (non-hydrogen) atoms. The molecule has 3 N–H and O–H groups in total. The Kier molecular flexibility index (Phi) is 7.98. The van der Waals surface area contributed by atoms with Crippen LogP contribution in [0.5, 0.6) is 0 Å². The number of aromatic amines is 1. The van der Waals surface area contributed by atoms with E-state index in [4.69, 9.17) is 9.98 Å². The van der Waals surface area contributed by atoms with Gasteiger partial charge in [0.05, 0.1) is 35.5 Å². The molecule has 4 aromatic rings. The van der Waals surface area contributed by atoms with Gasteiger partial charge in [-0.15, -0.1) is 0 Å². The van der Waals surface area contributed by atoms with Crippen molar-refractivity contribution in [1.82, 2.24) is 30.6 Å². The van der Waals surface area contributed by atoms with Crippen LogP contribution in [0.1, 0.15) is 56.6 Å². The van der Waals surface area contributed by atoms with Crippen molar-refractivity contribution in [3.8, 4) is 11.1 Å². The molecule has 0 bridgehead atoms. The average Bonchev–Trinajstić information content (AvgIpc) is 3.25. The SMILES string of the molecule is C=N/C=C(\C=C(/C)NC(=O)CC(C)(C)C)c1cnc2c(c1)C(c1cc3c(-c4cccnc4)cncc3[nH]1)=NCNC2. The van der Waals surface area contributed by atoms with Crippen LogP contribution >= 0.6 is 0 Å². The van der Waals surface area contributed by atoms with Crippen LogP contribution in [0.3, 0.4) is 0 Å². The van der Waals surface area contributed by atoms with Crippen molar-refractivity contribution in [3.05, 3.63) is 95.7 Å². The zero-order valence-electron chi connectivity index (χ0n) is 23.8. The standard InChI is InChI=1S/C32H34N8O/c1-20(39-30(41)12-32(2,3)4)9-22(13-33-5)23-10-25-28(37-15-23)17-36-19-38-31(25)27-11-24-26(16-35-18-29(24)40-27)21-7-6-8-34-14-21/h6-11,13-16,18,36,40H,5,12,17,19H2,1-4H3,(H,39,41)/b20-9+,22-13+. The molecule has 4 aromatic heterocycles. The molecule has 0 spiro atoms. The van der Waals surface area contributed by atoms with Crippen LogP contribution in [0.25, 0.3) is 27.6 Å². The van der Waals surface area contributed by atoms with Crippen LogP contribution in [0.2, 0.25) is 0 Å². The molecule has 0 aromatic carbocycles. The van der Waals surface area contributed by atoms with Gasteiger partial charge in [-0.2, -0.15) is 0 Å². The van der Waals surface area contributed by atoms with E-state index in [1.165, 1.54) is 0 Å². The summed E-state index contributed by atoms with van der Waals surface area (Å²) in [6, 6.07) is 8.12. The Morgan fingerprint density at radius 3 is 2.76 bits per heavy atom. The fourth-order valence-corrected chi connectivity index (χ4v) is 4.86. The lowest BCUT2D eigenvalue weighted by molar-refractivity contribution is -0.122. The fraction of sp³-hybridized carbons (Fsp3) is 0.250. The Morgan fingerprint density at radius 2 is 2.00 bits per heavy atom. The van der Waals surface area contributed by atoms with Crippen LogP contribution in [0.15, 0.2) is 83.2 Å². The monoisotopic (exact) mass is 546 g/mol. The first-order valence-electron chi connectivity index (χ1n) is 13.5. The number of H-pyrrole nitrogens is 1. The second kappa shape index (κ2) is 11.8. The second-order valence-electron chi connectivity index (χ2n) is 11.3. The van der Waals surface area contributed by atoms with Gasteiger partial charge < -0.3 is 10.3 Å². The lowest BCUT2D eigenvalue weighted by atomic mass is 9.92. The van der Waals surface area contributed by atoms with Gasteiger partial charge in [-0.25, -0.2) is 0 Å². The molecule has 5 heterocycles. The summed E-state index contributed by atoms with van der Waals surface area (Å²) in [5.74, 6) is -0.0309. The summed E-state index contributed by atoms with van der Waals surface area (Å²) in [7, 11) is 0. The molecule has 9 heteroatoms. The first kappa shape index (κ1) is 27.8. The molecule has 1 amide bonds. The molecule has 0 unspecified atom stereocenters. The number of pyridine rings is 3. The number of fused-ring (bicyclic) bond motifs is 2. The van der Waals surface area contributed by atoms with E-state index in [0.717, 1.165) is 55.8 Å². The number of nitrogens with one attached hydrogen (secondary N) is 3. The van der Waals surface area contributed by atoms with Gasteiger partial charge in [0, 0.05) is 82.9 Å². The Labute approximate surface area is 239 Å². The number of carbonyl (C=O) groups excluding carboxylic acids is 1. The van der Waals surface area contributed by atoms with Crippen LogP contribution in [-0.4, -0.2) is 44.9 Å². The van der Waals surface area contributed by atoms with Gasteiger partial charge in [-0.1, -0.05) is 26.8 Å². The zero-order chi connectivity index (χ0) is 29.0. The van der Waals surface area contributed by atoms with Crippen molar-refractivity contribution in [2.45, 2.75) is 40.7 Å². The third kappa shape index (κ3) is 6.53. The molecule has 0 atom stereocenters. The molecular formula is C32H34N8O. The molecule has 5 rings (SSSR count). The molecule has 208 valence electrons. The van der Waals surface area contributed by atoms with Gasteiger partial charge in [0.2, 0.25) is 5.91 Å². The van der Waals surface area contributed by atoms with Crippen LogP contribution in [0, 0.1) is 5.41 Å². The van der Waals surface area contributed by atoms with Gasteiger partial charge in [-0.3, -0.25) is 35.0 Å². The maximum atomic E-state index is 12.5. The molecule has 0 radical (unpaired) electrons. The smallest absolute Gasteiger partial charge is 0.224 e. The minimum atomic E-state index is -0.103. The maximum absolute atomic E-state index is 12.5. The highest BCUT2D eigenvalue weighted by Crippen LogP contribution is 2.30. The van der Waals surface area contributed by atoms with E-state index in [9.17, 15) is 4.79 Å². The molecule has 0 saturated heterocycles. The lowest BCUT2D eigenvalue weighted by Gasteiger charge is -2.17. The second-order valence-corrected chi connectivity index (χ2v) is 11.3. The van der Waals surface area contributed by atoms with Crippen molar-refractivity contribution in [3.63, 3.8) is 0 Å². The van der Waals surface area contributed by atoms with Crippen LogP contribution in [-0.2, 0) is 11.3 Å². The van der Waals surface area contributed by atoms with Crippen molar-refractivity contribution >= 4 is 34.8 Å². The number of nitrogens with zero attached hydrogens (tertiary/aromatic N) is 5. The number of aromatic nitrogens is 4. The fourth-order valence-electron chi connectivity index (χ4n) is 4.86. The predicted molar refractivity (Wildman–Crippen MR) is 164 cm³/mol. The van der Waals surface area contributed by atoms with Crippen molar-refractivity contribution in [2.24, 2.45) is 15.4 Å².